The Labute approximate surface area is 105 Å². The normalized spacial score (nSPS) is 11.0. The summed E-state index contributed by atoms with van der Waals surface area (Å²) < 4.78 is 5.05. The zero-order valence-corrected chi connectivity index (χ0v) is 10.3. The summed E-state index contributed by atoms with van der Waals surface area (Å²) in [6.07, 6.45) is 2.74. The predicted octanol–water partition coefficient (Wildman–Crippen LogP) is 3.16. The van der Waals surface area contributed by atoms with E-state index in [2.05, 4.69) is 28.1 Å². The largest absolute Gasteiger partial charge is 0.339 e. The van der Waals surface area contributed by atoms with Gasteiger partial charge in [-0.25, -0.2) is 0 Å². The summed E-state index contributed by atoms with van der Waals surface area (Å²) in [5, 5.41) is 6.25. The van der Waals surface area contributed by atoms with Crippen molar-refractivity contribution < 1.29 is 4.52 Å². The Bertz CT molecular complexity index is 703. The van der Waals surface area contributed by atoms with Crippen LogP contribution in [0.15, 0.2) is 35.0 Å². The van der Waals surface area contributed by atoms with Gasteiger partial charge in [-0.1, -0.05) is 30.3 Å². The molecule has 0 radical (unpaired) electrons. The molecular formula is C14H13N3O. The third-order valence-corrected chi connectivity index (χ3v) is 2.99. The number of nitrogens with zero attached hydrogens (tertiary/aromatic N) is 3. The fraction of sp³-hybridized carbons (Fsp3) is 0.214. The number of aromatic nitrogens is 3. The quantitative estimate of drug-likeness (QED) is 0.689. The van der Waals surface area contributed by atoms with Gasteiger partial charge in [-0.05, 0) is 17.9 Å². The highest BCUT2D eigenvalue weighted by Gasteiger charge is 2.11. The third-order valence-electron chi connectivity index (χ3n) is 2.99. The Morgan fingerprint density at radius 1 is 1.17 bits per heavy atom. The molecule has 0 amide bonds. The van der Waals surface area contributed by atoms with Gasteiger partial charge in [0, 0.05) is 29.8 Å². The summed E-state index contributed by atoms with van der Waals surface area (Å²) in [4.78, 5) is 8.69. The molecule has 4 nitrogen and oxygen atoms in total. The van der Waals surface area contributed by atoms with Crippen LogP contribution in [0.4, 0.5) is 0 Å². The SMILES string of the molecule is CCc1nccc2c(-c3noc(C)n3)cccc12. The molecule has 0 atom stereocenters. The summed E-state index contributed by atoms with van der Waals surface area (Å²) in [7, 11) is 0. The van der Waals surface area contributed by atoms with E-state index in [1.54, 1.807) is 6.92 Å². The van der Waals surface area contributed by atoms with E-state index in [9.17, 15) is 0 Å². The van der Waals surface area contributed by atoms with Crippen LogP contribution >= 0.6 is 0 Å². The number of hydrogen-bond acceptors (Lipinski definition) is 4. The second-order valence-corrected chi connectivity index (χ2v) is 4.15. The molecule has 0 aliphatic carbocycles. The minimum Gasteiger partial charge on any atom is -0.339 e. The van der Waals surface area contributed by atoms with E-state index in [-0.39, 0.29) is 0 Å². The summed E-state index contributed by atoms with van der Waals surface area (Å²) >= 11 is 0. The van der Waals surface area contributed by atoms with Crippen molar-refractivity contribution in [2.45, 2.75) is 20.3 Å². The lowest BCUT2D eigenvalue weighted by atomic mass is 10.0. The van der Waals surface area contributed by atoms with Crippen LogP contribution in [0.25, 0.3) is 22.2 Å². The van der Waals surface area contributed by atoms with Gasteiger partial charge >= 0.3 is 0 Å². The first-order chi connectivity index (χ1) is 8.79. The van der Waals surface area contributed by atoms with E-state index in [1.165, 1.54) is 0 Å². The molecule has 0 N–H and O–H groups in total. The first-order valence-corrected chi connectivity index (χ1v) is 5.97. The van der Waals surface area contributed by atoms with Gasteiger partial charge in [0.25, 0.3) is 0 Å². The van der Waals surface area contributed by atoms with Crippen LogP contribution < -0.4 is 0 Å². The third kappa shape index (κ3) is 1.66. The lowest BCUT2D eigenvalue weighted by Gasteiger charge is -2.05. The Hall–Kier alpha value is -2.23. The Balaban J connectivity index is 2.30. The number of benzene rings is 1. The molecule has 1 aromatic carbocycles. The van der Waals surface area contributed by atoms with Crippen molar-refractivity contribution in [2.75, 3.05) is 0 Å². The summed E-state index contributed by atoms with van der Waals surface area (Å²) in [6.45, 7) is 3.90. The molecule has 90 valence electrons. The van der Waals surface area contributed by atoms with Crippen molar-refractivity contribution >= 4 is 10.8 Å². The van der Waals surface area contributed by atoms with Crippen molar-refractivity contribution in [1.82, 2.24) is 15.1 Å². The van der Waals surface area contributed by atoms with Crippen LogP contribution in [0.1, 0.15) is 18.5 Å². The predicted molar refractivity (Wildman–Crippen MR) is 69.2 cm³/mol. The molecule has 2 heterocycles. The van der Waals surface area contributed by atoms with Gasteiger partial charge in [-0.3, -0.25) is 4.98 Å². The zero-order chi connectivity index (χ0) is 12.5. The molecule has 0 saturated heterocycles. The molecule has 0 aliphatic rings. The molecule has 3 aromatic rings. The average Bonchev–Trinajstić information content (AvgIpc) is 2.84. The summed E-state index contributed by atoms with van der Waals surface area (Å²) in [5.74, 6) is 1.21. The molecule has 0 aliphatic heterocycles. The van der Waals surface area contributed by atoms with Gasteiger partial charge in [0.15, 0.2) is 0 Å². The van der Waals surface area contributed by atoms with Crippen LogP contribution in [0.2, 0.25) is 0 Å². The number of aryl methyl sites for hydroxylation is 2. The van der Waals surface area contributed by atoms with E-state index in [0.29, 0.717) is 11.7 Å². The minimum absolute atomic E-state index is 0.576. The van der Waals surface area contributed by atoms with Gasteiger partial charge in [-0.15, -0.1) is 0 Å². The second kappa shape index (κ2) is 4.22. The standard InChI is InChI=1S/C14H13N3O/c1-3-13-11-5-4-6-12(10(11)7-8-15-13)14-16-9(2)18-17-14/h4-8H,3H2,1-2H3. The number of rotatable bonds is 2. The smallest absolute Gasteiger partial charge is 0.223 e. The lowest BCUT2D eigenvalue weighted by molar-refractivity contribution is 0.394. The molecule has 0 bridgehead atoms. The Morgan fingerprint density at radius 3 is 2.78 bits per heavy atom. The maximum atomic E-state index is 5.05. The second-order valence-electron chi connectivity index (χ2n) is 4.15. The average molecular weight is 239 g/mol. The fourth-order valence-corrected chi connectivity index (χ4v) is 2.15. The lowest BCUT2D eigenvalue weighted by Crippen LogP contribution is -1.91. The van der Waals surface area contributed by atoms with Gasteiger partial charge in [0.2, 0.25) is 11.7 Å². The Kier molecular flexibility index (Phi) is 2.55. The fourth-order valence-electron chi connectivity index (χ4n) is 2.15. The molecule has 4 heteroatoms. The summed E-state index contributed by atoms with van der Waals surface area (Å²) in [5.41, 5.74) is 2.08. The van der Waals surface area contributed by atoms with Crippen LogP contribution in [0.3, 0.4) is 0 Å². The number of fused-ring (bicyclic) bond motifs is 1. The van der Waals surface area contributed by atoms with E-state index in [1.807, 2.05) is 24.4 Å². The molecule has 0 unspecified atom stereocenters. The van der Waals surface area contributed by atoms with Crippen molar-refractivity contribution in [3.8, 4) is 11.4 Å². The van der Waals surface area contributed by atoms with Gasteiger partial charge in [-0.2, -0.15) is 4.98 Å². The molecule has 18 heavy (non-hydrogen) atoms. The first-order valence-electron chi connectivity index (χ1n) is 5.97. The molecule has 0 fully saturated rings. The molecule has 0 saturated carbocycles. The topological polar surface area (TPSA) is 51.8 Å². The molecule has 0 spiro atoms. The molecule has 3 rings (SSSR count). The zero-order valence-electron chi connectivity index (χ0n) is 10.3. The Morgan fingerprint density at radius 2 is 2.06 bits per heavy atom. The van der Waals surface area contributed by atoms with Crippen LogP contribution in [0.5, 0.6) is 0 Å². The van der Waals surface area contributed by atoms with Crippen LogP contribution in [-0.4, -0.2) is 15.1 Å². The summed E-state index contributed by atoms with van der Waals surface area (Å²) in [6, 6.07) is 8.09. The van der Waals surface area contributed by atoms with Crippen LogP contribution in [-0.2, 0) is 6.42 Å². The van der Waals surface area contributed by atoms with Gasteiger partial charge in [0.05, 0.1) is 0 Å². The van der Waals surface area contributed by atoms with E-state index in [0.717, 1.165) is 28.5 Å². The maximum absolute atomic E-state index is 5.05. The minimum atomic E-state index is 0.576. The highest BCUT2D eigenvalue weighted by Crippen LogP contribution is 2.27. The van der Waals surface area contributed by atoms with Crippen molar-refractivity contribution in [2.24, 2.45) is 0 Å². The monoisotopic (exact) mass is 239 g/mol. The van der Waals surface area contributed by atoms with E-state index in [4.69, 9.17) is 4.52 Å². The van der Waals surface area contributed by atoms with Crippen molar-refractivity contribution in [3.63, 3.8) is 0 Å². The number of hydrogen-bond donors (Lipinski definition) is 0. The highest BCUT2D eigenvalue weighted by molar-refractivity contribution is 5.96. The van der Waals surface area contributed by atoms with Gasteiger partial charge < -0.3 is 4.52 Å². The van der Waals surface area contributed by atoms with Crippen LogP contribution in [0, 0.1) is 6.92 Å². The molecule has 2 aromatic heterocycles. The maximum Gasteiger partial charge on any atom is 0.223 e. The first kappa shape index (κ1) is 10.9. The highest BCUT2D eigenvalue weighted by atomic mass is 16.5. The van der Waals surface area contributed by atoms with Crippen molar-refractivity contribution in [3.05, 3.63) is 42.0 Å². The van der Waals surface area contributed by atoms with E-state index >= 15 is 0 Å². The van der Waals surface area contributed by atoms with E-state index < -0.39 is 0 Å². The number of pyridine rings is 1. The molecular weight excluding hydrogens is 226 g/mol. The van der Waals surface area contributed by atoms with Gasteiger partial charge in [0.1, 0.15) is 0 Å². The van der Waals surface area contributed by atoms with Crippen molar-refractivity contribution in [1.29, 1.82) is 0 Å².